The molecule has 4 rings (SSSR count). The van der Waals surface area contributed by atoms with Gasteiger partial charge in [0.25, 0.3) is 11.5 Å². The van der Waals surface area contributed by atoms with Crippen molar-refractivity contribution in [2.75, 3.05) is 5.32 Å². The fraction of sp³-hybridized carbons (Fsp3) is 0.200. The molecule has 5 heteroatoms. The van der Waals surface area contributed by atoms with Crippen molar-refractivity contribution in [1.82, 2.24) is 4.57 Å². The molecule has 0 unspecified atom stereocenters. The molecule has 0 spiro atoms. The van der Waals surface area contributed by atoms with Crippen LogP contribution in [-0.4, -0.2) is 15.6 Å². The van der Waals surface area contributed by atoms with E-state index in [-0.39, 0.29) is 17.4 Å². The van der Waals surface area contributed by atoms with Crippen molar-refractivity contribution in [3.8, 4) is 5.75 Å². The molecule has 3 aromatic rings. The molecule has 0 aliphatic carbocycles. The Morgan fingerprint density at radius 2 is 1.96 bits per heavy atom. The summed E-state index contributed by atoms with van der Waals surface area (Å²) >= 11 is 0. The Morgan fingerprint density at radius 1 is 1.20 bits per heavy atom. The minimum absolute atomic E-state index is 0.0435. The topological polar surface area (TPSA) is 71.3 Å². The number of hydrogen-bond acceptors (Lipinski definition) is 3. The summed E-state index contributed by atoms with van der Waals surface area (Å²) < 4.78 is 1.62. The van der Waals surface area contributed by atoms with Crippen LogP contribution in [0.2, 0.25) is 0 Å². The van der Waals surface area contributed by atoms with Crippen molar-refractivity contribution in [3.63, 3.8) is 0 Å². The van der Waals surface area contributed by atoms with Gasteiger partial charge >= 0.3 is 0 Å². The van der Waals surface area contributed by atoms with E-state index in [4.69, 9.17) is 0 Å². The average molecular weight is 334 g/mol. The highest BCUT2D eigenvalue weighted by molar-refractivity contribution is 6.09. The summed E-state index contributed by atoms with van der Waals surface area (Å²) in [6.45, 7) is 3.82. The number of carbonyl (C=O) groups excluding carboxylic acids is 1. The van der Waals surface area contributed by atoms with Gasteiger partial charge in [-0.15, -0.1) is 0 Å². The van der Waals surface area contributed by atoms with Crippen molar-refractivity contribution in [2.45, 2.75) is 26.3 Å². The lowest BCUT2D eigenvalue weighted by Gasteiger charge is -2.14. The van der Waals surface area contributed by atoms with Crippen LogP contribution >= 0.6 is 0 Å². The molecule has 1 aliphatic rings. The molecule has 0 bridgehead atoms. The van der Waals surface area contributed by atoms with E-state index < -0.39 is 11.5 Å². The molecule has 0 radical (unpaired) electrons. The minimum atomic E-state index is -0.591. The molecule has 5 nitrogen and oxygen atoms in total. The number of para-hydroxylation sites is 2. The number of pyridine rings is 1. The molecular formula is C20H18N2O3. The van der Waals surface area contributed by atoms with Gasteiger partial charge in [0.15, 0.2) is 0 Å². The molecule has 2 N–H and O–H groups in total. The van der Waals surface area contributed by atoms with E-state index in [2.05, 4.69) is 5.32 Å². The maximum Gasteiger partial charge on any atom is 0.268 e. The number of anilines is 1. The second-order valence-corrected chi connectivity index (χ2v) is 6.53. The first-order valence-electron chi connectivity index (χ1n) is 8.25. The van der Waals surface area contributed by atoms with Gasteiger partial charge in [0.1, 0.15) is 11.3 Å². The number of aryl methyl sites for hydroxylation is 1. The summed E-state index contributed by atoms with van der Waals surface area (Å²) in [7, 11) is 0. The van der Waals surface area contributed by atoms with Crippen molar-refractivity contribution < 1.29 is 9.90 Å². The second-order valence-electron chi connectivity index (χ2n) is 6.53. The number of aromatic hydroxyl groups is 1. The Labute approximate surface area is 144 Å². The predicted octanol–water partition coefficient (Wildman–Crippen LogP) is 3.38. The van der Waals surface area contributed by atoms with E-state index in [1.165, 1.54) is 0 Å². The van der Waals surface area contributed by atoms with Crippen LogP contribution in [0, 0.1) is 6.92 Å². The molecule has 0 saturated heterocycles. The first-order chi connectivity index (χ1) is 12.0. The van der Waals surface area contributed by atoms with Crippen molar-refractivity contribution in [3.05, 3.63) is 69.5 Å². The standard InChI is InChI=1S/C20H18N2O3/c1-11-6-3-4-9-15(11)21-19(24)16-18(23)14-8-5-7-13-10-12(2)22(17(13)14)20(16)25/h3-9,12,23H,10H2,1-2H3,(H,21,24)/t12-/m1/s1. The number of aromatic nitrogens is 1. The predicted molar refractivity (Wildman–Crippen MR) is 97.4 cm³/mol. The first-order valence-corrected chi connectivity index (χ1v) is 8.25. The Bertz CT molecular complexity index is 1080. The molecule has 1 aromatic heterocycles. The van der Waals surface area contributed by atoms with Crippen molar-refractivity contribution in [2.24, 2.45) is 0 Å². The Hall–Kier alpha value is -3.08. The number of amides is 1. The number of carbonyl (C=O) groups is 1. The van der Waals surface area contributed by atoms with Crippen molar-refractivity contribution >= 4 is 22.5 Å². The number of nitrogens with zero attached hydrogens (tertiary/aromatic N) is 1. The molecule has 0 fully saturated rings. The molecule has 1 aliphatic heterocycles. The zero-order valence-corrected chi connectivity index (χ0v) is 14.0. The highest BCUT2D eigenvalue weighted by Gasteiger charge is 2.29. The quantitative estimate of drug-likeness (QED) is 0.755. The highest BCUT2D eigenvalue weighted by Crippen LogP contribution is 2.36. The van der Waals surface area contributed by atoms with Crippen LogP contribution in [0.15, 0.2) is 47.3 Å². The fourth-order valence-electron chi connectivity index (χ4n) is 3.62. The molecule has 25 heavy (non-hydrogen) atoms. The lowest BCUT2D eigenvalue weighted by atomic mass is 10.1. The van der Waals surface area contributed by atoms with Gasteiger partial charge in [0.05, 0.1) is 5.52 Å². The van der Waals surface area contributed by atoms with Gasteiger partial charge in [-0.25, -0.2) is 0 Å². The second kappa shape index (κ2) is 5.48. The van der Waals surface area contributed by atoms with Gasteiger partial charge in [0.2, 0.25) is 0 Å². The summed E-state index contributed by atoms with van der Waals surface area (Å²) in [4.78, 5) is 25.7. The normalized spacial score (nSPS) is 15.5. The third kappa shape index (κ3) is 2.23. The van der Waals surface area contributed by atoms with Crippen LogP contribution in [0.1, 0.15) is 34.5 Å². The Morgan fingerprint density at radius 3 is 2.72 bits per heavy atom. The summed E-state index contributed by atoms with van der Waals surface area (Å²) in [5.41, 5.74) is 2.59. The number of hydrogen-bond donors (Lipinski definition) is 2. The summed E-state index contributed by atoms with van der Waals surface area (Å²) in [6.07, 6.45) is 0.717. The lowest BCUT2D eigenvalue weighted by Crippen LogP contribution is -2.30. The van der Waals surface area contributed by atoms with E-state index in [9.17, 15) is 14.7 Å². The number of rotatable bonds is 2. The molecule has 0 saturated carbocycles. The Kier molecular flexibility index (Phi) is 3.39. The first kappa shape index (κ1) is 15.4. The maximum atomic E-state index is 12.9. The van der Waals surface area contributed by atoms with Crippen molar-refractivity contribution in [1.29, 1.82) is 0 Å². The van der Waals surface area contributed by atoms with E-state index in [0.29, 0.717) is 11.1 Å². The highest BCUT2D eigenvalue weighted by atomic mass is 16.3. The van der Waals surface area contributed by atoms with Crippen LogP contribution in [0.4, 0.5) is 5.69 Å². The van der Waals surface area contributed by atoms with Gasteiger partial charge < -0.3 is 15.0 Å². The zero-order valence-electron chi connectivity index (χ0n) is 14.0. The van der Waals surface area contributed by atoms with E-state index in [0.717, 1.165) is 23.1 Å². The zero-order chi connectivity index (χ0) is 17.7. The molecule has 2 aromatic carbocycles. The van der Waals surface area contributed by atoms with Crippen LogP contribution < -0.4 is 10.9 Å². The van der Waals surface area contributed by atoms with Gasteiger partial charge in [-0.2, -0.15) is 0 Å². The summed E-state index contributed by atoms with van der Waals surface area (Å²) in [5, 5.41) is 13.9. The van der Waals surface area contributed by atoms with E-state index in [1.54, 1.807) is 16.7 Å². The molecule has 1 atom stereocenters. The monoisotopic (exact) mass is 334 g/mol. The summed E-state index contributed by atoms with van der Waals surface area (Å²) in [6, 6.07) is 12.8. The lowest BCUT2D eigenvalue weighted by molar-refractivity contribution is 0.102. The third-order valence-corrected chi connectivity index (χ3v) is 4.86. The third-order valence-electron chi connectivity index (χ3n) is 4.86. The van der Waals surface area contributed by atoms with Crippen LogP contribution in [0.3, 0.4) is 0 Å². The number of benzene rings is 2. The minimum Gasteiger partial charge on any atom is -0.506 e. The van der Waals surface area contributed by atoms with E-state index in [1.807, 2.05) is 44.2 Å². The summed E-state index contributed by atoms with van der Waals surface area (Å²) in [5.74, 6) is -0.842. The van der Waals surface area contributed by atoms with Crippen LogP contribution in [0.25, 0.3) is 10.9 Å². The largest absolute Gasteiger partial charge is 0.506 e. The van der Waals surface area contributed by atoms with Gasteiger partial charge in [-0.3, -0.25) is 9.59 Å². The smallest absolute Gasteiger partial charge is 0.268 e. The Balaban J connectivity index is 1.91. The number of nitrogens with one attached hydrogen (secondary N) is 1. The van der Waals surface area contributed by atoms with Gasteiger partial charge in [-0.1, -0.05) is 30.3 Å². The molecule has 1 amide bonds. The van der Waals surface area contributed by atoms with E-state index >= 15 is 0 Å². The van der Waals surface area contributed by atoms with Crippen LogP contribution in [0.5, 0.6) is 5.75 Å². The molecule has 126 valence electrons. The van der Waals surface area contributed by atoms with Gasteiger partial charge in [0, 0.05) is 17.1 Å². The SMILES string of the molecule is Cc1ccccc1NC(=O)c1c(O)c2cccc3c2n(c1=O)[C@H](C)C3. The molecular weight excluding hydrogens is 316 g/mol. The van der Waals surface area contributed by atoms with Gasteiger partial charge in [-0.05, 0) is 43.5 Å². The molecule has 2 heterocycles. The fourth-order valence-corrected chi connectivity index (χ4v) is 3.62. The maximum absolute atomic E-state index is 12.9. The van der Waals surface area contributed by atoms with Crippen LogP contribution in [-0.2, 0) is 6.42 Å². The average Bonchev–Trinajstić information content (AvgIpc) is 2.92.